The van der Waals surface area contributed by atoms with Crippen LogP contribution in [0.1, 0.15) is 17.5 Å². The zero-order valence-corrected chi connectivity index (χ0v) is 20.9. The van der Waals surface area contributed by atoms with Crippen molar-refractivity contribution < 1.29 is 4.74 Å². The maximum absolute atomic E-state index is 5.52. The maximum Gasteiger partial charge on any atom is 0.191 e. The van der Waals surface area contributed by atoms with Crippen LogP contribution in [-0.2, 0) is 13.1 Å². The van der Waals surface area contributed by atoms with Gasteiger partial charge in [0.1, 0.15) is 5.75 Å². The second-order valence-corrected chi connectivity index (χ2v) is 7.70. The molecular weight excluding hydrogens is 515 g/mol. The van der Waals surface area contributed by atoms with E-state index in [0.717, 1.165) is 50.0 Å². The Hall–Kier alpha value is -2.75. The van der Waals surface area contributed by atoms with E-state index in [0.29, 0.717) is 6.04 Å². The van der Waals surface area contributed by atoms with Crippen molar-refractivity contribution in [3.8, 4) is 5.75 Å². The van der Waals surface area contributed by atoms with E-state index in [-0.39, 0.29) is 24.0 Å². The van der Waals surface area contributed by atoms with Crippen LogP contribution in [0.25, 0.3) is 0 Å². The Labute approximate surface area is 206 Å². The van der Waals surface area contributed by atoms with Crippen LogP contribution in [0.2, 0.25) is 0 Å². The van der Waals surface area contributed by atoms with Crippen molar-refractivity contribution in [3.05, 3.63) is 78.1 Å². The van der Waals surface area contributed by atoms with Gasteiger partial charge in [0.05, 0.1) is 19.3 Å². The smallest absolute Gasteiger partial charge is 0.191 e. The van der Waals surface area contributed by atoms with Gasteiger partial charge in [0.25, 0.3) is 0 Å². The molecule has 8 heteroatoms. The third-order valence-corrected chi connectivity index (χ3v) is 5.53. The molecule has 0 radical (unpaired) electrons. The lowest BCUT2D eigenvalue weighted by Crippen LogP contribution is -2.44. The lowest BCUT2D eigenvalue weighted by atomic mass is 10.1. The van der Waals surface area contributed by atoms with Crippen LogP contribution in [0.5, 0.6) is 5.75 Å². The first-order valence-corrected chi connectivity index (χ1v) is 10.7. The molecule has 0 aliphatic carbocycles. The van der Waals surface area contributed by atoms with Gasteiger partial charge in [0.2, 0.25) is 0 Å². The first-order valence-electron chi connectivity index (χ1n) is 10.7. The SMILES string of the molecule is CN=C(NCc1cccc(Cn2cccn2)c1)NC1CCN(c2ccccc2OC)C1.I. The van der Waals surface area contributed by atoms with Gasteiger partial charge in [-0.15, -0.1) is 24.0 Å². The number of aliphatic imine (C=N–C) groups is 1. The Kier molecular flexibility index (Phi) is 8.78. The van der Waals surface area contributed by atoms with Crippen molar-refractivity contribution in [2.24, 2.45) is 4.99 Å². The summed E-state index contributed by atoms with van der Waals surface area (Å²) >= 11 is 0. The highest BCUT2D eigenvalue weighted by molar-refractivity contribution is 14.0. The first kappa shape index (κ1) is 23.9. The van der Waals surface area contributed by atoms with Crippen molar-refractivity contribution >= 4 is 35.6 Å². The van der Waals surface area contributed by atoms with E-state index < -0.39 is 0 Å². The molecule has 2 N–H and O–H groups in total. The molecule has 7 nitrogen and oxygen atoms in total. The number of nitrogens with zero attached hydrogens (tertiary/aromatic N) is 4. The third-order valence-electron chi connectivity index (χ3n) is 5.53. The molecule has 170 valence electrons. The molecule has 3 aromatic rings. The van der Waals surface area contributed by atoms with Crippen LogP contribution in [0.15, 0.2) is 72.0 Å². The molecule has 1 aliphatic heterocycles. The molecule has 1 unspecified atom stereocenters. The van der Waals surface area contributed by atoms with Crippen molar-refractivity contribution in [3.63, 3.8) is 0 Å². The standard InChI is InChI=1S/C24H30N6O.HI/c1-25-24(26-16-19-7-5-8-20(15-19)17-30-13-6-12-27-30)28-21-11-14-29(18-21)22-9-3-4-10-23(22)31-2;/h3-10,12-13,15,21H,11,14,16-18H2,1-2H3,(H2,25,26,28);1H. The molecule has 1 aromatic heterocycles. The molecule has 4 rings (SSSR count). The third kappa shape index (κ3) is 6.15. The van der Waals surface area contributed by atoms with Crippen LogP contribution >= 0.6 is 24.0 Å². The lowest BCUT2D eigenvalue weighted by molar-refractivity contribution is 0.415. The molecule has 0 amide bonds. The number of methoxy groups -OCH3 is 1. The fourth-order valence-electron chi connectivity index (χ4n) is 3.98. The molecule has 1 atom stereocenters. The number of para-hydroxylation sites is 2. The summed E-state index contributed by atoms with van der Waals surface area (Å²) in [6.45, 7) is 3.40. The minimum Gasteiger partial charge on any atom is -0.495 e. The summed E-state index contributed by atoms with van der Waals surface area (Å²) < 4.78 is 7.45. The van der Waals surface area contributed by atoms with E-state index in [1.54, 1.807) is 13.3 Å². The number of hydrogen-bond acceptors (Lipinski definition) is 4. The van der Waals surface area contributed by atoms with Gasteiger partial charge >= 0.3 is 0 Å². The highest BCUT2D eigenvalue weighted by atomic mass is 127. The number of guanidine groups is 1. The first-order chi connectivity index (χ1) is 15.2. The van der Waals surface area contributed by atoms with Gasteiger partial charge in [-0.3, -0.25) is 9.67 Å². The zero-order valence-electron chi connectivity index (χ0n) is 18.6. The molecule has 1 saturated heterocycles. The molecule has 1 fully saturated rings. The number of ether oxygens (including phenoxy) is 1. The van der Waals surface area contributed by atoms with E-state index in [4.69, 9.17) is 4.74 Å². The van der Waals surface area contributed by atoms with Gasteiger partial charge in [0.15, 0.2) is 5.96 Å². The van der Waals surface area contributed by atoms with E-state index in [2.05, 4.69) is 62.0 Å². The minimum absolute atomic E-state index is 0. The second kappa shape index (κ2) is 11.8. The van der Waals surface area contributed by atoms with Gasteiger partial charge in [0, 0.05) is 45.1 Å². The molecule has 32 heavy (non-hydrogen) atoms. The highest BCUT2D eigenvalue weighted by Gasteiger charge is 2.25. The van der Waals surface area contributed by atoms with Crippen molar-refractivity contribution in [1.29, 1.82) is 0 Å². The Bertz CT molecular complexity index is 1010. The van der Waals surface area contributed by atoms with Gasteiger partial charge in [-0.2, -0.15) is 5.10 Å². The summed E-state index contributed by atoms with van der Waals surface area (Å²) in [4.78, 5) is 6.78. The van der Waals surface area contributed by atoms with Gasteiger partial charge in [-0.1, -0.05) is 36.4 Å². The van der Waals surface area contributed by atoms with E-state index >= 15 is 0 Å². The number of benzene rings is 2. The Morgan fingerprint density at radius 2 is 2.00 bits per heavy atom. The molecule has 0 bridgehead atoms. The highest BCUT2D eigenvalue weighted by Crippen LogP contribution is 2.30. The molecule has 0 spiro atoms. The van der Waals surface area contributed by atoms with Crippen molar-refractivity contribution in [2.75, 3.05) is 32.1 Å². The van der Waals surface area contributed by atoms with Crippen LogP contribution < -0.4 is 20.3 Å². The second-order valence-electron chi connectivity index (χ2n) is 7.70. The largest absolute Gasteiger partial charge is 0.495 e. The van der Waals surface area contributed by atoms with E-state index in [1.807, 2.05) is 36.1 Å². The van der Waals surface area contributed by atoms with Crippen LogP contribution in [-0.4, -0.2) is 49.0 Å². The zero-order chi connectivity index (χ0) is 21.5. The molecule has 2 aromatic carbocycles. The molecular formula is C24H31IN6O. The van der Waals surface area contributed by atoms with Crippen LogP contribution in [0, 0.1) is 0 Å². The van der Waals surface area contributed by atoms with Crippen molar-refractivity contribution in [1.82, 2.24) is 20.4 Å². The van der Waals surface area contributed by atoms with E-state index in [9.17, 15) is 0 Å². The van der Waals surface area contributed by atoms with Gasteiger partial charge in [-0.05, 0) is 35.7 Å². The van der Waals surface area contributed by atoms with Crippen LogP contribution in [0.4, 0.5) is 5.69 Å². The van der Waals surface area contributed by atoms with Gasteiger partial charge < -0.3 is 20.3 Å². The fraction of sp³-hybridized carbons (Fsp3) is 0.333. The minimum atomic E-state index is 0. The van der Waals surface area contributed by atoms with Crippen LogP contribution in [0.3, 0.4) is 0 Å². The Morgan fingerprint density at radius 3 is 2.78 bits per heavy atom. The molecule has 2 heterocycles. The quantitative estimate of drug-likeness (QED) is 0.270. The summed E-state index contributed by atoms with van der Waals surface area (Å²) in [6.07, 6.45) is 4.84. The summed E-state index contributed by atoms with van der Waals surface area (Å²) in [5.74, 6) is 1.74. The van der Waals surface area contributed by atoms with Crippen molar-refractivity contribution in [2.45, 2.75) is 25.6 Å². The number of anilines is 1. The molecule has 1 aliphatic rings. The molecule has 0 saturated carbocycles. The monoisotopic (exact) mass is 546 g/mol. The normalized spacial score (nSPS) is 15.9. The van der Waals surface area contributed by atoms with E-state index in [1.165, 1.54) is 11.1 Å². The number of rotatable bonds is 7. The Morgan fingerprint density at radius 1 is 1.16 bits per heavy atom. The average molecular weight is 546 g/mol. The predicted molar refractivity (Wildman–Crippen MR) is 140 cm³/mol. The summed E-state index contributed by atoms with van der Waals surface area (Å²) in [6, 6.07) is 19.0. The predicted octanol–water partition coefficient (Wildman–Crippen LogP) is 3.50. The number of nitrogens with one attached hydrogen (secondary N) is 2. The average Bonchev–Trinajstić information content (AvgIpc) is 3.49. The topological polar surface area (TPSA) is 66.7 Å². The summed E-state index contributed by atoms with van der Waals surface area (Å²) in [5, 5.41) is 11.3. The number of aromatic nitrogens is 2. The maximum atomic E-state index is 5.52. The van der Waals surface area contributed by atoms with Gasteiger partial charge in [-0.25, -0.2) is 0 Å². The lowest BCUT2D eigenvalue weighted by Gasteiger charge is -2.22. The fourth-order valence-corrected chi connectivity index (χ4v) is 3.98. The Balaban J connectivity index is 0.00000289. The summed E-state index contributed by atoms with van der Waals surface area (Å²) in [5.41, 5.74) is 3.59. The number of halogens is 1. The number of hydrogen-bond donors (Lipinski definition) is 2. The summed E-state index contributed by atoms with van der Waals surface area (Å²) in [7, 11) is 3.54.